The van der Waals surface area contributed by atoms with Gasteiger partial charge in [-0.05, 0) is 24.4 Å². The van der Waals surface area contributed by atoms with Crippen LogP contribution in [0.15, 0.2) is 22.8 Å². The van der Waals surface area contributed by atoms with Crippen molar-refractivity contribution in [1.29, 1.82) is 0 Å². The van der Waals surface area contributed by atoms with E-state index in [2.05, 4.69) is 20.0 Å². The van der Waals surface area contributed by atoms with Gasteiger partial charge >= 0.3 is 0 Å². The van der Waals surface area contributed by atoms with Crippen molar-refractivity contribution in [3.05, 3.63) is 34.0 Å². The summed E-state index contributed by atoms with van der Waals surface area (Å²) in [5.74, 6) is 0. The molecule has 0 aliphatic heterocycles. The van der Waals surface area contributed by atoms with Crippen LogP contribution >= 0.6 is 11.3 Å². The highest BCUT2D eigenvalue weighted by Crippen LogP contribution is 2.26. The number of aryl methyl sites for hydroxylation is 1. The highest BCUT2D eigenvalue weighted by atomic mass is 32.2. The van der Waals surface area contributed by atoms with E-state index in [4.69, 9.17) is 0 Å². The number of rotatable bonds is 7. The Balaban J connectivity index is 2.18. The summed E-state index contributed by atoms with van der Waals surface area (Å²) >= 11 is 1.46. The van der Waals surface area contributed by atoms with Crippen LogP contribution in [-0.2, 0) is 23.1 Å². The third-order valence-electron chi connectivity index (χ3n) is 2.80. The molecule has 8 heteroatoms. The van der Waals surface area contributed by atoms with Gasteiger partial charge in [-0.1, -0.05) is 6.92 Å². The third-order valence-corrected chi connectivity index (χ3v) is 5.66. The largest absolute Gasteiger partial charge is 0.347 e. The molecule has 0 fully saturated rings. The van der Waals surface area contributed by atoms with Crippen LogP contribution in [0.1, 0.15) is 23.1 Å². The Morgan fingerprint density at radius 1 is 1.40 bits per heavy atom. The van der Waals surface area contributed by atoms with Crippen LogP contribution in [0.5, 0.6) is 0 Å². The fourth-order valence-corrected chi connectivity index (χ4v) is 4.62. The number of nitrogens with zero attached hydrogens (tertiary/aromatic N) is 1. The quantitative estimate of drug-likeness (QED) is 0.720. The van der Waals surface area contributed by atoms with Crippen LogP contribution in [0.2, 0.25) is 0 Å². The second-order valence-electron chi connectivity index (χ2n) is 4.35. The van der Waals surface area contributed by atoms with Gasteiger partial charge in [-0.15, -0.1) is 11.3 Å². The number of H-pyrrole nitrogens is 1. The van der Waals surface area contributed by atoms with E-state index in [1.807, 2.05) is 19.2 Å². The molecule has 3 N–H and O–H groups in total. The van der Waals surface area contributed by atoms with E-state index < -0.39 is 10.0 Å². The second kappa shape index (κ2) is 6.49. The summed E-state index contributed by atoms with van der Waals surface area (Å²) in [4.78, 5) is 7.96. The molecule has 0 radical (unpaired) electrons. The molecule has 0 aromatic carbocycles. The van der Waals surface area contributed by atoms with Crippen molar-refractivity contribution in [1.82, 2.24) is 20.0 Å². The maximum atomic E-state index is 12.4. The van der Waals surface area contributed by atoms with Gasteiger partial charge < -0.3 is 10.3 Å². The Hall–Kier alpha value is -1.22. The Bertz CT molecular complexity index is 647. The predicted molar refractivity (Wildman–Crippen MR) is 79.0 cm³/mol. The first-order valence-corrected chi connectivity index (χ1v) is 8.65. The molecule has 0 saturated heterocycles. The lowest BCUT2D eigenvalue weighted by Gasteiger charge is -2.09. The third kappa shape index (κ3) is 3.45. The van der Waals surface area contributed by atoms with E-state index in [1.54, 1.807) is 6.20 Å². The first kappa shape index (κ1) is 15.2. The highest BCUT2D eigenvalue weighted by Gasteiger charge is 2.22. The first-order chi connectivity index (χ1) is 9.54. The summed E-state index contributed by atoms with van der Waals surface area (Å²) in [6.45, 7) is 5.38. The zero-order chi connectivity index (χ0) is 14.6. The molecule has 0 unspecified atom stereocenters. The average Bonchev–Trinajstić information content (AvgIpc) is 3.03. The fourth-order valence-electron chi connectivity index (χ4n) is 1.84. The maximum absolute atomic E-state index is 12.4. The summed E-state index contributed by atoms with van der Waals surface area (Å²) in [6, 6.07) is 0. The van der Waals surface area contributed by atoms with Gasteiger partial charge in [0.2, 0.25) is 10.0 Å². The standard InChI is InChI=1S/C12H18N4O2S2/c1-3-13-6-11-12(9(2)7-19-11)20(17,18)16-5-10-4-14-8-15-10/h4,7-8,13,16H,3,5-6H2,1-2H3,(H,14,15). The lowest BCUT2D eigenvalue weighted by atomic mass is 10.3. The monoisotopic (exact) mass is 314 g/mol. The van der Waals surface area contributed by atoms with Crippen molar-refractivity contribution in [3.63, 3.8) is 0 Å². The molecule has 0 bridgehead atoms. The van der Waals surface area contributed by atoms with Crippen molar-refractivity contribution >= 4 is 21.4 Å². The number of nitrogens with one attached hydrogen (secondary N) is 3. The lowest BCUT2D eigenvalue weighted by Crippen LogP contribution is -2.25. The summed E-state index contributed by atoms with van der Waals surface area (Å²) in [5.41, 5.74) is 1.51. The molecule has 110 valence electrons. The van der Waals surface area contributed by atoms with Gasteiger partial charge in [0.1, 0.15) is 4.90 Å². The molecule has 0 aliphatic rings. The molecular weight excluding hydrogens is 296 g/mol. The molecule has 0 atom stereocenters. The van der Waals surface area contributed by atoms with E-state index in [-0.39, 0.29) is 6.54 Å². The molecule has 0 aliphatic carbocycles. The SMILES string of the molecule is CCNCc1scc(C)c1S(=O)(=O)NCc1cnc[nH]1. The lowest BCUT2D eigenvalue weighted by molar-refractivity contribution is 0.578. The fraction of sp³-hybridized carbons (Fsp3) is 0.417. The number of thiophene rings is 1. The van der Waals surface area contributed by atoms with Gasteiger partial charge in [-0.3, -0.25) is 0 Å². The zero-order valence-electron chi connectivity index (χ0n) is 11.4. The van der Waals surface area contributed by atoms with Gasteiger partial charge in [-0.2, -0.15) is 0 Å². The van der Waals surface area contributed by atoms with Gasteiger partial charge in [0, 0.05) is 23.3 Å². The average molecular weight is 314 g/mol. The normalized spacial score (nSPS) is 11.9. The molecule has 2 aromatic heterocycles. The number of hydrogen-bond donors (Lipinski definition) is 3. The number of sulfonamides is 1. The molecule has 2 rings (SSSR count). The number of hydrogen-bond acceptors (Lipinski definition) is 5. The van der Waals surface area contributed by atoms with Gasteiger partial charge in [0.15, 0.2) is 0 Å². The van der Waals surface area contributed by atoms with Gasteiger partial charge in [0.25, 0.3) is 0 Å². The topological polar surface area (TPSA) is 86.9 Å². The van der Waals surface area contributed by atoms with E-state index in [0.717, 1.165) is 22.7 Å². The summed E-state index contributed by atoms with van der Waals surface area (Å²) in [7, 11) is -3.51. The molecule has 0 amide bonds. The Morgan fingerprint density at radius 2 is 2.20 bits per heavy atom. The van der Waals surface area contributed by atoms with Crippen molar-refractivity contribution in [3.8, 4) is 0 Å². The van der Waals surface area contributed by atoms with E-state index in [1.165, 1.54) is 17.7 Å². The summed E-state index contributed by atoms with van der Waals surface area (Å²) in [5, 5.41) is 5.03. The first-order valence-electron chi connectivity index (χ1n) is 6.29. The molecule has 0 spiro atoms. The molecular formula is C12H18N4O2S2. The van der Waals surface area contributed by atoms with Gasteiger partial charge in [-0.25, -0.2) is 18.1 Å². The number of aromatic amines is 1. The maximum Gasteiger partial charge on any atom is 0.242 e. The molecule has 20 heavy (non-hydrogen) atoms. The Labute approximate surface area is 122 Å². The molecule has 2 aromatic rings. The Kier molecular flexibility index (Phi) is 4.92. The van der Waals surface area contributed by atoms with Crippen LogP contribution < -0.4 is 10.0 Å². The van der Waals surface area contributed by atoms with Crippen molar-refractivity contribution in [2.75, 3.05) is 6.54 Å². The second-order valence-corrected chi connectivity index (χ2v) is 7.02. The van der Waals surface area contributed by atoms with E-state index in [0.29, 0.717) is 11.4 Å². The minimum atomic E-state index is -3.51. The van der Waals surface area contributed by atoms with E-state index >= 15 is 0 Å². The number of imidazole rings is 1. The van der Waals surface area contributed by atoms with Crippen LogP contribution in [0.4, 0.5) is 0 Å². The van der Waals surface area contributed by atoms with E-state index in [9.17, 15) is 8.42 Å². The molecule has 6 nitrogen and oxygen atoms in total. The summed E-state index contributed by atoms with van der Waals surface area (Å²) in [6.07, 6.45) is 3.12. The zero-order valence-corrected chi connectivity index (χ0v) is 13.1. The molecule has 2 heterocycles. The molecule has 0 saturated carbocycles. The van der Waals surface area contributed by atoms with Crippen LogP contribution in [-0.4, -0.2) is 24.9 Å². The van der Waals surface area contributed by atoms with Crippen LogP contribution in [0.25, 0.3) is 0 Å². The summed E-state index contributed by atoms with van der Waals surface area (Å²) < 4.78 is 27.5. The van der Waals surface area contributed by atoms with Crippen molar-refractivity contribution in [2.45, 2.75) is 31.8 Å². The van der Waals surface area contributed by atoms with Crippen molar-refractivity contribution < 1.29 is 8.42 Å². The highest BCUT2D eigenvalue weighted by molar-refractivity contribution is 7.89. The minimum Gasteiger partial charge on any atom is -0.347 e. The number of aromatic nitrogens is 2. The van der Waals surface area contributed by atoms with Crippen molar-refractivity contribution in [2.24, 2.45) is 0 Å². The van der Waals surface area contributed by atoms with Crippen LogP contribution in [0, 0.1) is 6.92 Å². The van der Waals surface area contributed by atoms with Gasteiger partial charge in [0.05, 0.1) is 12.9 Å². The predicted octanol–water partition coefficient (Wildman–Crippen LogP) is 1.37. The minimum absolute atomic E-state index is 0.207. The Morgan fingerprint density at radius 3 is 2.85 bits per heavy atom. The van der Waals surface area contributed by atoms with Crippen LogP contribution in [0.3, 0.4) is 0 Å². The smallest absolute Gasteiger partial charge is 0.242 e.